The largest absolute Gasteiger partial charge is 0.415 e. The maximum Gasteiger partial charge on any atom is 0.259 e. The summed E-state index contributed by atoms with van der Waals surface area (Å²) in [5.41, 5.74) is 6.51. The third-order valence-corrected chi connectivity index (χ3v) is 7.17. The van der Waals surface area contributed by atoms with E-state index in [1.807, 2.05) is 41.3 Å². The number of carbonyl (C=O) groups is 1. The molecule has 3 aromatic heterocycles. The summed E-state index contributed by atoms with van der Waals surface area (Å²) in [5.74, 6) is 2.26. The number of rotatable bonds is 7. The van der Waals surface area contributed by atoms with E-state index in [9.17, 15) is 4.79 Å². The van der Waals surface area contributed by atoms with Crippen molar-refractivity contribution in [2.45, 2.75) is 18.9 Å². The number of hydrogen-bond acceptors (Lipinski definition) is 12. The summed E-state index contributed by atoms with van der Waals surface area (Å²) in [7, 11) is 0. The molecule has 2 aliphatic rings. The molecule has 6 rings (SSSR count). The van der Waals surface area contributed by atoms with Crippen LogP contribution in [0.4, 0.5) is 22.7 Å². The van der Waals surface area contributed by atoms with E-state index in [0.717, 1.165) is 35.8 Å². The number of benzene rings is 1. The van der Waals surface area contributed by atoms with Gasteiger partial charge in [-0.15, -0.1) is 10.2 Å². The first-order valence-electron chi connectivity index (χ1n) is 12.0. The molecule has 3 N–H and O–H groups in total. The molecule has 5 heterocycles. The maximum absolute atomic E-state index is 12.0. The number of morpholine rings is 1. The van der Waals surface area contributed by atoms with Gasteiger partial charge >= 0.3 is 0 Å². The molecule has 0 aliphatic carbocycles. The number of primary amides is 1. The molecular formula is C24H25N9O3S. The van der Waals surface area contributed by atoms with Crippen LogP contribution in [0.25, 0.3) is 22.2 Å². The number of hydrogen-bond donors (Lipinski definition) is 2. The van der Waals surface area contributed by atoms with Crippen molar-refractivity contribution >= 4 is 40.0 Å². The SMILES string of the molecule is NC(=O)[C@@H]1CCCN1c1nc(Nc2ncc(-c3nnc(-c4ccccc4)o3)s2)cc(N2CCOCC2)n1. The molecule has 1 atom stereocenters. The molecule has 12 nitrogen and oxygen atoms in total. The fourth-order valence-electron chi connectivity index (χ4n) is 4.43. The topological polar surface area (TPSA) is 148 Å². The Bertz CT molecular complexity index is 1390. The van der Waals surface area contributed by atoms with Gasteiger partial charge in [0.1, 0.15) is 22.6 Å². The van der Waals surface area contributed by atoms with Crippen molar-refractivity contribution in [3.63, 3.8) is 0 Å². The van der Waals surface area contributed by atoms with Crippen LogP contribution >= 0.6 is 11.3 Å². The minimum Gasteiger partial charge on any atom is -0.415 e. The lowest BCUT2D eigenvalue weighted by atomic mass is 10.2. The average molecular weight is 520 g/mol. The zero-order chi connectivity index (χ0) is 25.2. The van der Waals surface area contributed by atoms with Crippen molar-refractivity contribution in [1.82, 2.24) is 25.1 Å². The summed E-state index contributed by atoms with van der Waals surface area (Å²) in [5, 5.41) is 12.2. The minimum absolute atomic E-state index is 0.369. The number of aromatic nitrogens is 5. The summed E-state index contributed by atoms with van der Waals surface area (Å²) in [6.07, 6.45) is 3.23. The molecule has 2 saturated heterocycles. The van der Waals surface area contributed by atoms with E-state index in [0.29, 0.717) is 54.9 Å². The minimum atomic E-state index is -0.421. The molecule has 37 heavy (non-hydrogen) atoms. The van der Waals surface area contributed by atoms with Crippen LogP contribution in [0, 0.1) is 0 Å². The first-order valence-corrected chi connectivity index (χ1v) is 12.9. The molecule has 0 bridgehead atoms. The lowest BCUT2D eigenvalue weighted by Gasteiger charge is -2.29. The standard InChI is InChI=1S/C24H25N9O3S/c25-20(34)16-7-4-8-33(16)23-27-18(13-19(29-23)32-9-11-35-12-10-32)28-24-26-14-17(37-24)22-31-30-21(36-22)15-5-2-1-3-6-15/h1-3,5-6,13-14,16H,4,7-12H2,(H2,25,34)(H,26,27,28,29)/t16-/m0/s1. The molecule has 4 aromatic rings. The van der Waals surface area contributed by atoms with Crippen molar-refractivity contribution in [1.29, 1.82) is 0 Å². The van der Waals surface area contributed by atoms with E-state index < -0.39 is 6.04 Å². The number of anilines is 4. The Kier molecular flexibility index (Phi) is 6.37. The molecule has 2 aliphatic heterocycles. The number of nitrogens with two attached hydrogens (primary N) is 1. The summed E-state index contributed by atoms with van der Waals surface area (Å²) in [6, 6.07) is 11.1. The van der Waals surface area contributed by atoms with Gasteiger partial charge in [-0.3, -0.25) is 4.79 Å². The van der Waals surface area contributed by atoms with Crippen LogP contribution in [0.3, 0.4) is 0 Å². The van der Waals surface area contributed by atoms with Crippen LogP contribution in [0.2, 0.25) is 0 Å². The van der Waals surface area contributed by atoms with Gasteiger partial charge in [0.2, 0.25) is 17.7 Å². The molecule has 1 aromatic carbocycles. The second-order valence-corrected chi connectivity index (χ2v) is 9.73. The first kappa shape index (κ1) is 23.3. The summed E-state index contributed by atoms with van der Waals surface area (Å²) in [6.45, 7) is 3.36. The van der Waals surface area contributed by atoms with Crippen LogP contribution in [-0.4, -0.2) is 69.9 Å². The van der Waals surface area contributed by atoms with Gasteiger partial charge in [0.05, 0.1) is 19.4 Å². The summed E-state index contributed by atoms with van der Waals surface area (Å²) >= 11 is 1.37. The maximum atomic E-state index is 12.0. The van der Waals surface area contributed by atoms with E-state index in [1.54, 1.807) is 6.20 Å². The van der Waals surface area contributed by atoms with Gasteiger partial charge in [0, 0.05) is 31.3 Å². The monoisotopic (exact) mass is 519 g/mol. The Morgan fingerprint density at radius 3 is 2.70 bits per heavy atom. The summed E-state index contributed by atoms with van der Waals surface area (Å²) in [4.78, 5) is 30.8. The molecule has 1 amide bonds. The molecule has 0 spiro atoms. The van der Waals surface area contributed by atoms with Crippen LogP contribution in [0.15, 0.2) is 47.0 Å². The first-order chi connectivity index (χ1) is 18.1. The Morgan fingerprint density at radius 1 is 1.08 bits per heavy atom. The number of thiazole rings is 1. The van der Waals surface area contributed by atoms with E-state index in [-0.39, 0.29) is 5.91 Å². The fraction of sp³-hybridized carbons (Fsp3) is 0.333. The van der Waals surface area contributed by atoms with Crippen LogP contribution in [0.5, 0.6) is 0 Å². The highest BCUT2D eigenvalue weighted by atomic mass is 32.1. The van der Waals surface area contributed by atoms with E-state index >= 15 is 0 Å². The third kappa shape index (κ3) is 4.95. The van der Waals surface area contributed by atoms with Gasteiger partial charge in [0.15, 0.2) is 5.13 Å². The number of nitrogens with zero attached hydrogens (tertiary/aromatic N) is 7. The highest BCUT2D eigenvalue weighted by molar-refractivity contribution is 7.18. The van der Waals surface area contributed by atoms with Crippen molar-refractivity contribution in [3.8, 4) is 22.2 Å². The molecule has 13 heteroatoms. The quantitative estimate of drug-likeness (QED) is 0.371. The Hall–Kier alpha value is -4.10. The Balaban J connectivity index is 1.27. The smallest absolute Gasteiger partial charge is 0.259 e. The Morgan fingerprint density at radius 2 is 1.89 bits per heavy atom. The van der Waals surface area contributed by atoms with Crippen molar-refractivity contribution in [2.75, 3.05) is 48.0 Å². The zero-order valence-electron chi connectivity index (χ0n) is 19.9. The van der Waals surface area contributed by atoms with Crippen LogP contribution < -0.4 is 20.9 Å². The molecule has 0 radical (unpaired) electrons. The highest BCUT2D eigenvalue weighted by Crippen LogP contribution is 2.33. The second-order valence-electron chi connectivity index (χ2n) is 8.70. The van der Waals surface area contributed by atoms with E-state index in [1.165, 1.54) is 11.3 Å². The van der Waals surface area contributed by atoms with Crippen molar-refractivity contribution in [2.24, 2.45) is 5.73 Å². The number of nitrogens with one attached hydrogen (secondary N) is 1. The predicted octanol–water partition coefficient (Wildman–Crippen LogP) is 2.68. The number of amides is 1. The molecule has 190 valence electrons. The lowest BCUT2D eigenvalue weighted by Crippen LogP contribution is -2.42. The second kappa shape index (κ2) is 10.1. The van der Waals surface area contributed by atoms with Gasteiger partial charge < -0.3 is 30.0 Å². The number of carbonyl (C=O) groups excluding carboxylic acids is 1. The Labute approximate surface area is 216 Å². The highest BCUT2D eigenvalue weighted by Gasteiger charge is 2.32. The van der Waals surface area contributed by atoms with E-state index in [4.69, 9.17) is 24.9 Å². The fourth-order valence-corrected chi connectivity index (χ4v) is 5.18. The number of ether oxygens (including phenoxy) is 1. The summed E-state index contributed by atoms with van der Waals surface area (Å²) < 4.78 is 11.4. The normalized spacial score (nSPS) is 17.8. The predicted molar refractivity (Wildman–Crippen MR) is 139 cm³/mol. The molecule has 2 fully saturated rings. The van der Waals surface area contributed by atoms with Gasteiger partial charge in [-0.05, 0) is 25.0 Å². The van der Waals surface area contributed by atoms with Crippen LogP contribution in [0.1, 0.15) is 12.8 Å². The van der Waals surface area contributed by atoms with Crippen molar-refractivity contribution < 1.29 is 13.9 Å². The van der Waals surface area contributed by atoms with Gasteiger partial charge in [-0.1, -0.05) is 29.5 Å². The van der Waals surface area contributed by atoms with Gasteiger partial charge in [-0.2, -0.15) is 9.97 Å². The van der Waals surface area contributed by atoms with Gasteiger partial charge in [-0.25, -0.2) is 4.98 Å². The zero-order valence-corrected chi connectivity index (χ0v) is 20.7. The lowest BCUT2D eigenvalue weighted by molar-refractivity contribution is -0.119. The molecule has 0 unspecified atom stereocenters. The molecular weight excluding hydrogens is 494 g/mol. The third-order valence-electron chi connectivity index (χ3n) is 6.27. The van der Waals surface area contributed by atoms with E-state index in [2.05, 4.69) is 25.4 Å². The van der Waals surface area contributed by atoms with Gasteiger partial charge in [0.25, 0.3) is 5.89 Å². The molecule has 0 saturated carbocycles. The average Bonchev–Trinajstić information content (AvgIpc) is 3.70. The van der Waals surface area contributed by atoms with Crippen LogP contribution in [-0.2, 0) is 9.53 Å². The van der Waals surface area contributed by atoms with Crippen molar-refractivity contribution in [3.05, 3.63) is 42.6 Å².